The van der Waals surface area contributed by atoms with Crippen molar-refractivity contribution < 1.29 is 9.35 Å². The molecule has 5 heteroatoms. The van der Waals surface area contributed by atoms with E-state index >= 15 is 0 Å². The Labute approximate surface area is 175 Å². The second kappa shape index (κ2) is 8.99. The van der Waals surface area contributed by atoms with E-state index in [4.69, 9.17) is 0 Å². The van der Waals surface area contributed by atoms with Gasteiger partial charge in [-0.3, -0.25) is 4.79 Å². The van der Waals surface area contributed by atoms with E-state index in [1.54, 1.807) is 0 Å². The molecule has 29 heavy (non-hydrogen) atoms. The average molecular weight is 407 g/mol. The zero-order valence-corrected chi connectivity index (χ0v) is 17.5. The van der Waals surface area contributed by atoms with Crippen LogP contribution in [0.25, 0.3) is 10.8 Å². The second-order valence-corrected chi connectivity index (χ2v) is 9.12. The standard InChI is InChI=1S/C24H26N2O2S/c1-18-7-2-3-10-21(18)16-25-24(27)22-11-6-14-26(17-22)29(28)23-13-12-19-8-4-5-9-20(19)15-23/h2-5,7-10,12-13,15,22H,6,11,14,16-17H2,1H3,(H,25,27). The molecule has 0 aromatic heterocycles. The fraction of sp³-hybridized carbons (Fsp3) is 0.292. The first-order valence-electron chi connectivity index (χ1n) is 10.1. The van der Waals surface area contributed by atoms with Crippen LogP contribution in [0.15, 0.2) is 71.6 Å². The van der Waals surface area contributed by atoms with Crippen molar-refractivity contribution in [3.8, 4) is 0 Å². The monoisotopic (exact) mass is 406 g/mol. The van der Waals surface area contributed by atoms with Crippen LogP contribution in [-0.2, 0) is 22.7 Å². The van der Waals surface area contributed by atoms with Crippen LogP contribution >= 0.6 is 0 Å². The minimum Gasteiger partial charge on any atom is -0.593 e. The Morgan fingerprint density at radius 2 is 1.86 bits per heavy atom. The van der Waals surface area contributed by atoms with Crippen LogP contribution in [0.1, 0.15) is 24.0 Å². The number of nitrogens with one attached hydrogen (secondary N) is 1. The van der Waals surface area contributed by atoms with Gasteiger partial charge in [-0.2, -0.15) is 0 Å². The third kappa shape index (κ3) is 4.64. The van der Waals surface area contributed by atoms with Gasteiger partial charge < -0.3 is 9.87 Å². The molecule has 1 heterocycles. The largest absolute Gasteiger partial charge is 0.593 e. The number of piperidine rings is 1. The van der Waals surface area contributed by atoms with Gasteiger partial charge in [-0.15, -0.1) is 4.31 Å². The molecule has 1 aliphatic heterocycles. The van der Waals surface area contributed by atoms with Crippen molar-refractivity contribution in [3.05, 3.63) is 77.9 Å². The van der Waals surface area contributed by atoms with Crippen LogP contribution < -0.4 is 5.32 Å². The highest BCUT2D eigenvalue weighted by atomic mass is 32.2. The fourth-order valence-electron chi connectivity index (χ4n) is 3.87. The first-order chi connectivity index (χ1) is 14.1. The first kappa shape index (κ1) is 20.0. The summed E-state index contributed by atoms with van der Waals surface area (Å²) in [5, 5.41) is 5.29. The number of aryl methyl sites for hydroxylation is 1. The van der Waals surface area contributed by atoms with Crippen molar-refractivity contribution in [3.63, 3.8) is 0 Å². The van der Waals surface area contributed by atoms with Crippen molar-refractivity contribution >= 4 is 28.0 Å². The third-order valence-electron chi connectivity index (χ3n) is 5.63. The summed E-state index contributed by atoms with van der Waals surface area (Å²) in [6.45, 7) is 3.87. The van der Waals surface area contributed by atoms with Crippen molar-refractivity contribution in [2.24, 2.45) is 5.92 Å². The zero-order valence-electron chi connectivity index (χ0n) is 16.6. The van der Waals surface area contributed by atoms with E-state index in [1.165, 1.54) is 5.56 Å². The SMILES string of the molecule is Cc1ccccc1CNC(=O)C1CCCN([S+]([O-])c2ccc3ccccc3c2)C1. The predicted octanol–water partition coefficient (Wildman–Crippen LogP) is 4.20. The van der Waals surface area contributed by atoms with Gasteiger partial charge >= 0.3 is 0 Å². The molecule has 0 radical (unpaired) electrons. The van der Waals surface area contributed by atoms with E-state index in [9.17, 15) is 9.35 Å². The lowest BCUT2D eigenvalue weighted by atomic mass is 9.98. The van der Waals surface area contributed by atoms with Crippen LogP contribution in [0.5, 0.6) is 0 Å². The van der Waals surface area contributed by atoms with Gasteiger partial charge in [-0.1, -0.05) is 48.5 Å². The number of nitrogens with zero attached hydrogens (tertiary/aromatic N) is 1. The molecule has 2 atom stereocenters. The van der Waals surface area contributed by atoms with Crippen LogP contribution in [-0.4, -0.2) is 27.9 Å². The van der Waals surface area contributed by atoms with Gasteiger partial charge in [0.15, 0.2) is 4.90 Å². The number of fused-ring (bicyclic) bond motifs is 1. The summed E-state index contributed by atoms with van der Waals surface area (Å²) in [7, 11) is 0. The average Bonchev–Trinajstić information content (AvgIpc) is 2.77. The van der Waals surface area contributed by atoms with Crippen LogP contribution in [0, 0.1) is 12.8 Å². The molecule has 3 aromatic carbocycles. The lowest BCUT2D eigenvalue weighted by Crippen LogP contribution is -2.45. The molecule has 0 spiro atoms. The number of rotatable bonds is 5. The topological polar surface area (TPSA) is 55.4 Å². The molecule has 4 nitrogen and oxygen atoms in total. The molecule has 0 bridgehead atoms. The second-order valence-electron chi connectivity index (χ2n) is 7.63. The van der Waals surface area contributed by atoms with E-state index < -0.39 is 11.4 Å². The van der Waals surface area contributed by atoms with E-state index in [-0.39, 0.29) is 11.8 Å². The van der Waals surface area contributed by atoms with Crippen LogP contribution in [0.3, 0.4) is 0 Å². The molecule has 2 unspecified atom stereocenters. The van der Waals surface area contributed by atoms with E-state index in [0.717, 1.165) is 40.6 Å². The Morgan fingerprint density at radius 3 is 2.69 bits per heavy atom. The lowest BCUT2D eigenvalue weighted by Gasteiger charge is -2.31. The summed E-state index contributed by atoms with van der Waals surface area (Å²) in [4.78, 5) is 13.5. The fourth-order valence-corrected chi connectivity index (χ4v) is 5.19. The van der Waals surface area contributed by atoms with E-state index in [2.05, 4.69) is 24.4 Å². The van der Waals surface area contributed by atoms with Crippen molar-refractivity contribution in [2.45, 2.75) is 31.2 Å². The lowest BCUT2D eigenvalue weighted by molar-refractivity contribution is -0.126. The Kier molecular flexibility index (Phi) is 6.19. The number of amides is 1. The van der Waals surface area contributed by atoms with Crippen LogP contribution in [0.2, 0.25) is 0 Å². The summed E-state index contributed by atoms with van der Waals surface area (Å²) >= 11 is -1.25. The van der Waals surface area contributed by atoms with Gasteiger partial charge in [0.1, 0.15) is 0 Å². The Hall–Kier alpha value is -2.34. The quantitative estimate of drug-likeness (QED) is 0.646. The van der Waals surface area contributed by atoms with Gasteiger partial charge in [-0.25, -0.2) is 0 Å². The number of carbonyl (C=O) groups excluding carboxylic acids is 1. The summed E-state index contributed by atoms with van der Waals surface area (Å²) in [5.74, 6) is -0.0781. The third-order valence-corrected chi connectivity index (χ3v) is 7.08. The number of hydrogen-bond donors (Lipinski definition) is 1. The van der Waals surface area contributed by atoms with Gasteiger partial charge in [0, 0.05) is 19.2 Å². The zero-order chi connectivity index (χ0) is 20.2. The number of hydrogen-bond acceptors (Lipinski definition) is 3. The summed E-state index contributed by atoms with van der Waals surface area (Å²) < 4.78 is 15.1. The summed E-state index contributed by atoms with van der Waals surface area (Å²) in [6.07, 6.45) is 1.72. The molecule has 1 amide bonds. The molecular weight excluding hydrogens is 380 g/mol. The maximum absolute atomic E-state index is 13.1. The highest BCUT2D eigenvalue weighted by Crippen LogP contribution is 2.26. The van der Waals surface area contributed by atoms with Crippen molar-refractivity contribution in [1.29, 1.82) is 0 Å². The Morgan fingerprint density at radius 1 is 1.10 bits per heavy atom. The van der Waals surface area contributed by atoms with Gasteiger partial charge in [0.2, 0.25) is 5.91 Å². The number of benzene rings is 3. The molecular formula is C24H26N2O2S. The Bertz CT molecular complexity index is 1010. The molecule has 150 valence electrons. The van der Waals surface area contributed by atoms with Crippen molar-refractivity contribution in [1.82, 2.24) is 9.62 Å². The molecule has 1 fully saturated rings. The molecule has 3 aromatic rings. The minimum atomic E-state index is -1.25. The molecule has 1 aliphatic rings. The summed E-state index contributed by atoms with van der Waals surface area (Å²) in [5.41, 5.74) is 2.31. The van der Waals surface area contributed by atoms with Crippen molar-refractivity contribution in [2.75, 3.05) is 13.1 Å². The minimum absolute atomic E-state index is 0.0495. The first-order valence-corrected chi connectivity index (χ1v) is 11.2. The summed E-state index contributed by atoms with van der Waals surface area (Å²) in [6, 6.07) is 22.1. The van der Waals surface area contributed by atoms with Gasteiger partial charge in [0.05, 0.1) is 23.8 Å². The van der Waals surface area contributed by atoms with E-state index in [0.29, 0.717) is 13.1 Å². The molecule has 0 aliphatic carbocycles. The normalized spacial score (nSPS) is 18.5. The molecule has 1 saturated heterocycles. The molecule has 1 N–H and O–H groups in total. The van der Waals surface area contributed by atoms with E-state index in [1.807, 2.05) is 58.9 Å². The molecule has 0 saturated carbocycles. The van der Waals surface area contributed by atoms with Gasteiger partial charge in [0.25, 0.3) is 0 Å². The van der Waals surface area contributed by atoms with Gasteiger partial charge in [-0.05, 0) is 53.8 Å². The Balaban J connectivity index is 1.40. The maximum atomic E-state index is 13.1. The predicted molar refractivity (Wildman–Crippen MR) is 118 cm³/mol. The highest BCUT2D eigenvalue weighted by Gasteiger charge is 2.33. The number of carbonyl (C=O) groups is 1. The maximum Gasteiger partial charge on any atom is 0.224 e. The highest BCUT2D eigenvalue weighted by molar-refractivity contribution is 7.89. The van der Waals surface area contributed by atoms with Crippen LogP contribution in [0.4, 0.5) is 0 Å². The smallest absolute Gasteiger partial charge is 0.224 e. The molecule has 4 rings (SSSR count).